The molecular formula is C19H34O4. The average Bonchev–Trinajstić information content (AvgIpc) is 2.53. The molecule has 0 aromatic heterocycles. The van der Waals surface area contributed by atoms with Crippen LogP contribution in [0, 0.1) is 0 Å². The van der Waals surface area contributed by atoms with Gasteiger partial charge in [0.2, 0.25) is 0 Å². The molecule has 0 aromatic rings. The Morgan fingerprint density at radius 3 is 1.61 bits per heavy atom. The molecule has 1 N–H and O–H groups in total. The Labute approximate surface area is 141 Å². The van der Waals surface area contributed by atoms with E-state index in [-0.39, 0.29) is 0 Å². The van der Waals surface area contributed by atoms with Crippen LogP contribution in [0.15, 0.2) is 12.2 Å². The molecule has 134 valence electrons. The molecule has 0 aliphatic heterocycles. The number of carbonyl (C=O) groups excluding carboxylic acids is 1. The standard InChI is InChI=1S/C19H34O4/c1-2-3-4-5-6-7-8-9-10-11-12-13-14-17-23-19(22)16-15-18(20)21/h15-16H,2-14,17H2,1H3,(H,20,21). The van der Waals surface area contributed by atoms with Gasteiger partial charge in [-0.1, -0.05) is 84.0 Å². The van der Waals surface area contributed by atoms with Gasteiger partial charge in [-0.2, -0.15) is 0 Å². The molecule has 0 saturated heterocycles. The number of esters is 1. The Hall–Kier alpha value is -1.32. The molecule has 0 rings (SSSR count). The highest BCUT2D eigenvalue weighted by Crippen LogP contribution is 2.12. The molecule has 0 unspecified atom stereocenters. The second-order valence-electron chi connectivity index (χ2n) is 6.08. The van der Waals surface area contributed by atoms with Gasteiger partial charge in [-0.3, -0.25) is 0 Å². The van der Waals surface area contributed by atoms with Gasteiger partial charge in [0.25, 0.3) is 0 Å². The van der Waals surface area contributed by atoms with Crippen molar-refractivity contribution in [1.29, 1.82) is 0 Å². The maximum atomic E-state index is 11.1. The fourth-order valence-electron chi connectivity index (χ4n) is 2.48. The number of hydrogen-bond acceptors (Lipinski definition) is 3. The van der Waals surface area contributed by atoms with Crippen molar-refractivity contribution >= 4 is 11.9 Å². The molecule has 0 bridgehead atoms. The Morgan fingerprint density at radius 1 is 0.739 bits per heavy atom. The SMILES string of the molecule is CCCCCCCCCCCCCCCOC(=O)C=CC(=O)O. The second-order valence-corrected chi connectivity index (χ2v) is 6.08. The fraction of sp³-hybridized carbons (Fsp3) is 0.789. The summed E-state index contributed by atoms with van der Waals surface area (Å²) in [5, 5.41) is 8.36. The summed E-state index contributed by atoms with van der Waals surface area (Å²) >= 11 is 0. The number of unbranched alkanes of at least 4 members (excludes halogenated alkanes) is 12. The molecule has 23 heavy (non-hydrogen) atoms. The number of ether oxygens (including phenoxy) is 1. The zero-order valence-electron chi connectivity index (χ0n) is 14.7. The first-order valence-corrected chi connectivity index (χ1v) is 9.24. The molecule has 0 aliphatic carbocycles. The first-order chi connectivity index (χ1) is 11.2. The van der Waals surface area contributed by atoms with Gasteiger partial charge in [0, 0.05) is 12.2 Å². The summed E-state index contributed by atoms with van der Waals surface area (Å²) in [6.07, 6.45) is 18.4. The molecule has 4 heteroatoms. The van der Waals surface area contributed by atoms with E-state index in [0.717, 1.165) is 25.0 Å². The van der Waals surface area contributed by atoms with Crippen LogP contribution in [0.3, 0.4) is 0 Å². The fourth-order valence-corrected chi connectivity index (χ4v) is 2.48. The van der Waals surface area contributed by atoms with E-state index in [9.17, 15) is 9.59 Å². The second kappa shape index (κ2) is 17.0. The zero-order valence-corrected chi connectivity index (χ0v) is 14.7. The first-order valence-electron chi connectivity index (χ1n) is 9.24. The van der Waals surface area contributed by atoms with Crippen LogP contribution in [0.4, 0.5) is 0 Å². The third-order valence-electron chi connectivity index (χ3n) is 3.85. The van der Waals surface area contributed by atoms with Crippen LogP contribution >= 0.6 is 0 Å². The van der Waals surface area contributed by atoms with Crippen molar-refractivity contribution in [3.05, 3.63) is 12.2 Å². The molecule has 0 amide bonds. The van der Waals surface area contributed by atoms with Crippen molar-refractivity contribution in [2.45, 2.75) is 90.4 Å². The topological polar surface area (TPSA) is 63.6 Å². The summed E-state index contributed by atoms with van der Waals surface area (Å²) < 4.78 is 4.90. The van der Waals surface area contributed by atoms with E-state index in [1.54, 1.807) is 0 Å². The van der Waals surface area contributed by atoms with E-state index in [1.165, 1.54) is 70.6 Å². The first kappa shape index (κ1) is 21.7. The molecule has 4 nitrogen and oxygen atoms in total. The minimum atomic E-state index is -1.14. The number of carboxylic acids is 1. The monoisotopic (exact) mass is 326 g/mol. The van der Waals surface area contributed by atoms with Crippen molar-refractivity contribution in [3.63, 3.8) is 0 Å². The molecule has 0 spiro atoms. The summed E-state index contributed by atoms with van der Waals surface area (Å²) in [5.41, 5.74) is 0. The van der Waals surface area contributed by atoms with Gasteiger partial charge in [-0.15, -0.1) is 0 Å². The van der Waals surface area contributed by atoms with Gasteiger partial charge in [0.1, 0.15) is 0 Å². The zero-order chi connectivity index (χ0) is 17.2. The molecule has 0 aromatic carbocycles. The molecule has 0 fully saturated rings. The highest BCUT2D eigenvalue weighted by atomic mass is 16.5. The van der Waals surface area contributed by atoms with E-state index in [1.807, 2.05) is 0 Å². The van der Waals surface area contributed by atoms with Gasteiger partial charge in [0.05, 0.1) is 6.61 Å². The molecule has 0 aliphatic rings. The third kappa shape index (κ3) is 18.6. The lowest BCUT2D eigenvalue weighted by atomic mass is 10.0. The van der Waals surface area contributed by atoms with Crippen molar-refractivity contribution in [1.82, 2.24) is 0 Å². The number of hydrogen-bond donors (Lipinski definition) is 1. The van der Waals surface area contributed by atoms with E-state index in [2.05, 4.69) is 6.92 Å². The summed E-state index contributed by atoms with van der Waals surface area (Å²) in [5.74, 6) is -1.71. The Bertz CT molecular complexity index is 323. The highest BCUT2D eigenvalue weighted by molar-refractivity contribution is 5.90. The van der Waals surface area contributed by atoms with Gasteiger partial charge < -0.3 is 9.84 Å². The molecule has 0 atom stereocenters. The van der Waals surface area contributed by atoms with E-state index < -0.39 is 11.9 Å². The van der Waals surface area contributed by atoms with Crippen LogP contribution in [0.2, 0.25) is 0 Å². The Kier molecular flexibility index (Phi) is 16.1. The maximum absolute atomic E-state index is 11.1. The molecule has 0 saturated carbocycles. The lowest BCUT2D eigenvalue weighted by molar-refractivity contribution is -0.138. The summed E-state index contributed by atoms with van der Waals surface area (Å²) in [6.45, 7) is 2.63. The van der Waals surface area contributed by atoms with E-state index >= 15 is 0 Å². The largest absolute Gasteiger partial charge is 0.478 e. The summed E-state index contributed by atoms with van der Waals surface area (Å²) in [4.78, 5) is 21.3. The van der Waals surface area contributed by atoms with Gasteiger partial charge in [-0.25, -0.2) is 9.59 Å². The molecular weight excluding hydrogens is 292 g/mol. The lowest BCUT2D eigenvalue weighted by Gasteiger charge is -2.03. The molecule has 0 radical (unpaired) electrons. The van der Waals surface area contributed by atoms with Crippen LogP contribution in [-0.2, 0) is 14.3 Å². The maximum Gasteiger partial charge on any atom is 0.331 e. The smallest absolute Gasteiger partial charge is 0.331 e. The van der Waals surface area contributed by atoms with Crippen molar-refractivity contribution in [3.8, 4) is 0 Å². The Morgan fingerprint density at radius 2 is 1.17 bits per heavy atom. The van der Waals surface area contributed by atoms with Crippen LogP contribution < -0.4 is 0 Å². The normalized spacial score (nSPS) is 11.0. The number of carbonyl (C=O) groups is 2. The minimum Gasteiger partial charge on any atom is -0.478 e. The van der Waals surface area contributed by atoms with Crippen molar-refractivity contribution < 1.29 is 19.4 Å². The molecule has 0 heterocycles. The van der Waals surface area contributed by atoms with Crippen molar-refractivity contribution in [2.75, 3.05) is 6.61 Å². The van der Waals surface area contributed by atoms with E-state index in [4.69, 9.17) is 9.84 Å². The van der Waals surface area contributed by atoms with Crippen LogP contribution in [-0.4, -0.2) is 23.7 Å². The van der Waals surface area contributed by atoms with Crippen molar-refractivity contribution in [2.24, 2.45) is 0 Å². The van der Waals surface area contributed by atoms with Gasteiger partial charge in [-0.05, 0) is 6.42 Å². The number of rotatable bonds is 16. The predicted octanol–water partition coefficient (Wildman–Crippen LogP) is 5.26. The summed E-state index contributed by atoms with van der Waals surface area (Å²) in [6, 6.07) is 0. The van der Waals surface area contributed by atoms with Crippen LogP contribution in [0.5, 0.6) is 0 Å². The third-order valence-corrected chi connectivity index (χ3v) is 3.85. The quantitative estimate of drug-likeness (QED) is 0.239. The number of aliphatic carboxylic acids is 1. The minimum absolute atomic E-state index is 0.376. The van der Waals surface area contributed by atoms with Crippen LogP contribution in [0.1, 0.15) is 90.4 Å². The lowest BCUT2D eigenvalue weighted by Crippen LogP contribution is -2.03. The predicted molar refractivity (Wildman–Crippen MR) is 93.4 cm³/mol. The van der Waals surface area contributed by atoms with Crippen LogP contribution in [0.25, 0.3) is 0 Å². The van der Waals surface area contributed by atoms with Gasteiger partial charge >= 0.3 is 11.9 Å². The Balaban J connectivity index is 3.16. The number of carboxylic acid groups (broad SMARTS) is 1. The summed E-state index contributed by atoms with van der Waals surface area (Å²) in [7, 11) is 0. The average molecular weight is 326 g/mol. The van der Waals surface area contributed by atoms with E-state index in [0.29, 0.717) is 6.61 Å². The van der Waals surface area contributed by atoms with Gasteiger partial charge in [0.15, 0.2) is 0 Å². The highest BCUT2D eigenvalue weighted by Gasteiger charge is 1.98.